The van der Waals surface area contributed by atoms with E-state index in [0.29, 0.717) is 10.2 Å². The number of carbonyl (C=O) groups excluding carboxylic acids is 2. The van der Waals surface area contributed by atoms with E-state index < -0.39 is 23.4 Å². The Labute approximate surface area is 145 Å². The van der Waals surface area contributed by atoms with E-state index in [-0.39, 0.29) is 5.82 Å². The lowest BCUT2D eigenvalue weighted by atomic mass is 10.2. The Hall–Kier alpha value is -1.63. The largest absolute Gasteiger partial charge is 0.443 e. The first-order chi connectivity index (χ1) is 10.3. The molecular formula is C16H23BrN2O4. The van der Waals surface area contributed by atoms with Crippen LogP contribution in [0, 0.1) is 6.92 Å². The molecule has 0 bridgehead atoms. The highest BCUT2D eigenvalue weighted by Gasteiger charge is 2.34. The number of pyridine rings is 1. The highest BCUT2D eigenvalue weighted by Crippen LogP contribution is 2.24. The van der Waals surface area contributed by atoms with E-state index >= 15 is 0 Å². The molecule has 0 saturated heterocycles. The molecule has 0 saturated carbocycles. The molecule has 2 amide bonds. The number of amides is 2. The SMILES string of the molecule is Cc1ccc(Br)nc1N(C(=O)OC(C)(C)C)C(=O)OC(C)(C)C. The molecule has 7 heteroatoms. The van der Waals surface area contributed by atoms with Gasteiger partial charge in [-0.3, -0.25) is 0 Å². The number of nitrogens with zero attached hydrogens (tertiary/aromatic N) is 2. The maximum atomic E-state index is 12.5. The fraction of sp³-hybridized carbons (Fsp3) is 0.562. The van der Waals surface area contributed by atoms with Gasteiger partial charge in [0.15, 0.2) is 5.82 Å². The Kier molecular flexibility index (Phi) is 5.79. The number of rotatable bonds is 1. The summed E-state index contributed by atoms with van der Waals surface area (Å²) in [4.78, 5) is 30.0. The minimum Gasteiger partial charge on any atom is -0.443 e. The third-order valence-electron chi connectivity index (χ3n) is 2.40. The minimum atomic E-state index is -0.833. The van der Waals surface area contributed by atoms with Crippen molar-refractivity contribution >= 4 is 33.9 Å². The van der Waals surface area contributed by atoms with Crippen molar-refractivity contribution < 1.29 is 19.1 Å². The summed E-state index contributed by atoms with van der Waals surface area (Å²) in [7, 11) is 0. The van der Waals surface area contributed by atoms with Gasteiger partial charge in [-0.05, 0) is 76.0 Å². The van der Waals surface area contributed by atoms with Crippen molar-refractivity contribution in [2.75, 3.05) is 4.90 Å². The van der Waals surface area contributed by atoms with Crippen LogP contribution in [0.25, 0.3) is 0 Å². The number of anilines is 1. The first kappa shape index (κ1) is 19.4. The van der Waals surface area contributed by atoms with Gasteiger partial charge >= 0.3 is 12.2 Å². The Morgan fingerprint density at radius 2 is 1.43 bits per heavy atom. The molecule has 0 aromatic carbocycles. The number of imide groups is 1. The van der Waals surface area contributed by atoms with Crippen LogP contribution in [0.1, 0.15) is 47.1 Å². The van der Waals surface area contributed by atoms with E-state index in [9.17, 15) is 9.59 Å². The second-order valence-corrected chi connectivity index (χ2v) is 7.88. The topological polar surface area (TPSA) is 68.7 Å². The van der Waals surface area contributed by atoms with Gasteiger partial charge in [-0.25, -0.2) is 14.6 Å². The van der Waals surface area contributed by atoms with Gasteiger partial charge in [-0.1, -0.05) is 6.07 Å². The Bertz CT molecular complexity index is 575. The van der Waals surface area contributed by atoms with Crippen molar-refractivity contribution in [1.82, 2.24) is 4.98 Å². The highest BCUT2D eigenvalue weighted by molar-refractivity contribution is 9.10. The van der Waals surface area contributed by atoms with Gasteiger partial charge in [0, 0.05) is 0 Å². The number of aryl methyl sites for hydroxylation is 1. The molecule has 0 unspecified atom stereocenters. The average molecular weight is 387 g/mol. The summed E-state index contributed by atoms with van der Waals surface area (Å²) in [6.45, 7) is 12.1. The summed E-state index contributed by atoms with van der Waals surface area (Å²) in [5, 5.41) is 0. The standard InChI is InChI=1S/C16H23BrN2O4/c1-10-8-9-11(17)18-12(10)19(13(20)22-15(2,3)4)14(21)23-16(5,6)7/h8-9H,1-7H3. The number of ether oxygens (including phenoxy) is 2. The lowest BCUT2D eigenvalue weighted by Crippen LogP contribution is -2.44. The quantitative estimate of drug-likeness (QED) is 0.646. The van der Waals surface area contributed by atoms with Crippen LogP contribution >= 0.6 is 15.9 Å². The van der Waals surface area contributed by atoms with Crippen LogP contribution < -0.4 is 4.90 Å². The molecule has 0 spiro atoms. The Morgan fingerprint density at radius 1 is 1.00 bits per heavy atom. The monoisotopic (exact) mass is 386 g/mol. The summed E-state index contributed by atoms with van der Waals surface area (Å²) < 4.78 is 11.1. The van der Waals surface area contributed by atoms with Gasteiger partial charge in [-0.2, -0.15) is 4.90 Å². The Balaban J connectivity index is 3.28. The minimum absolute atomic E-state index is 0.169. The fourth-order valence-corrected chi connectivity index (χ4v) is 1.88. The number of aromatic nitrogens is 1. The zero-order valence-electron chi connectivity index (χ0n) is 14.6. The molecule has 0 aliphatic rings. The van der Waals surface area contributed by atoms with Gasteiger partial charge in [0.05, 0.1) is 0 Å². The van der Waals surface area contributed by atoms with Crippen molar-refractivity contribution in [1.29, 1.82) is 0 Å². The zero-order chi connectivity index (χ0) is 18.0. The van der Waals surface area contributed by atoms with E-state index in [4.69, 9.17) is 9.47 Å². The van der Waals surface area contributed by atoms with Crippen LogP contribution in [0.2, 0.25) is 0 Å². The number of halogens is 1. The van der Waals surface area contributed by atoms with Gasteiger partial charge in [0.1, 0.15) is 15.8 Å². The van der Waals surface area contributed by atoms with Crippen molar-refractivity contribution in [2.45, 2.75) is 59.7 Å². The smallest absolute Gasteiger partial charge is 0.425 e. The predicted octanol–water partition coefficient (Wildman–Crippen LogP) is 4.83. The summed E-state index contributed by atoms with van der Waals surface area (Å²) >= 11 is 3.24. The predicted molar refractivity (Wildman–Crippen MR) is 91.6 cm³/mol. The first-order valence-corrected chi connectivity index (χ1v) is 7.99. The lowest BCUT2D eigenvalue weighted by Gasteiger charge is -2.28. The van der Waals surface area contributed by atoms with E-state index in [1.807, 2.05) is 0 Å². The molecule has 0 atom stereocenters. The van der Waals surface area contributed by atoms with E-state index in [1.165, 1.54) is 0 Å². The van der Waals surface area contributed by atoms with Gasteiger partial charge in [-0.15, -0.1) is 0 Å². The number of hydrogen-bond acceptors (Lipinski definition) is 5. The van der Waals surface area contributed by atoms with Crippen LogP contribution in [0.15, 0.2) is 16.7 Å². The summed E-state index contributed by atoms with van der Waals surface area (Å²) in [5.41, 5.74) is -0.862. The van der Waals surface area contributed by atoms with E-state index in [0.717, 1.165) is 4.90 Å². The van der Waals surface area contributed by atoms with Crippen LogP contribution in [-0.4, -0.2) is 28.4 Å². The molecule has 0 aliphatic carbocycles. The highest BCUT2D eigenvalue weighted by atomic mass is 79.9. The van der Waals surface area contributed by atoms with Crippen LogP contribution in [-0.2, 0) is 9.47 Å². The summed E-state index contributed by atoms with van der Waals surface area (Å²) in [5.74, 6) is 0.169. The van der Waals surface area contributed by atoms with Crippen molar-refractivity contribution in [3.05, 3.63) is 22.3 Å². The molecule has 1 aromatic heterocycles. The van der Waals surface area contributed by atoms with Crippen LogP contribution in [0.5, 0.6) is 0 Å². The first-order valence-electron chi connectivity index (χ1n) is 7.19. The second-order valence-electron chi connectivity index (χ2n) is 7.07. The van der Waals surface area contributed by atoms with Crippen LogP contribution in [0.3, 0.4) is 0 Å². The third-order valence-corrected chi connectivity index (χ3v) is 2.84. The fourth-order valence-electron chi connectivity index (χ4n) is 1.58. The molecule has 1 rings (SSSR count). The molecule has 0 N–H and O–H groups in total. The van der Waals surface area contributed by atoms with Gasteiger partial charge in [0.2, 0.25) is 0 Å². The maximum absolute atomic E-state index is 12.5. The molecule has 0 aliphatic heterocycles. The van der Waals surface area contributed by atoms with Crippen molar-refractivity contribution in [3.8, 4) is 0 Å². The average Bonchev–Trinajstić information content (AvgIpc) is 2.29. The molecule has 23 heavy (non-hydrogen) atoms. The van der Waals surface area contributed by atoms with Gasteiger partial charge in [0.25, 0.3) is 0 Å². The third kappa shape index (κ3) is 6.17. The molecule has 1 aromatic rings. The molecule has 0 radical (unpaired) electrons. The summed E-state index contributed by atoms with van der Waals surface area (Å²) in [6, 6.07) is 3.47. The summed E-state index contributed by atoms with van der Waals surface area (Å²) in [6.07, 6.45) is -1.67. The van der Waals surface area contributed by atoms with Crippen LogP contribution in [0.4, 0.5) is 15.4 Å². The van der Waals surface area contributed by atoms with E-state index in [1.54, 1.807) is 60.6 Å². The lowest BCUT2D eigenvalue weighted by molar-refractivity contribution is 0.0428. The van der Waals surface area contributed by atoms with E-state index in [2.05, 4.69) is 20.9 Å². The number of hydrogen-bond donors (Lipinski definition) is 0. The molecular weight excluding hydrogens is 364 g/mol. The number of carbonyl (C=O) groups is 2. The molecule has 1 heterocycles. The second kappa shape index (κ2) is 6.86. The molecule has 6 nitrogen and oxygen atoms in total. The zero-order valence-corrected chi connectivity index (χ0v) is 16.1. The maximum Gasteiger partial charge on any atom is 0.425 e. The Morgan fingerprint density at radius 3 is 1.83 bits per heavy atom. The molecule has 0 fully saturated rings. The van der Waals surface area contributed by atoms with Crippen molar-refractivity contribution in [3.63, 3.8) is 0 Å². The van der Waals surface area contributed by atoms with Gasteiger partial charge < -0.3 is 9.47 Å². The normalized spacial score (nSPS) is 11.8. The molecule has 128 valence electrons. The van der Waals surface area contributed by atoms with Crippen molar-refractivity contribution in [2.24, 2.45) is 0 Å².